The summed E-state index contributed by atoms with van der Waals surface area (Å²) in [6, 6.07) is 16.7. The largest absolute Gasteiger partial charge is 0.416 e. The van der Waals surface area contributed by atoms with Gasteiger partial charge in [0.1, 0.15) is 17.3 Å². The third kappa shape index (κ3) is 4.31. The Morgan fingerprint density at radius 2 is 1.57 bits per heavy atom. The van der Waals surface area contributed by atoms with E-state index in [2.05, 4.69) is 20.1 Å². The van der Waals surface area contributed by atoms with Gasteiger partial charge in [0.25, 0.3) is 0 Å². The van der Waals surface area contributed by atoms with Crippen LogP contribution in [-0.4, -0.2) is 46.0 Å². The minimum Gasteiger partial charge on any atom is -0.368 e. The van der Waals surface area contributed by atoms with Gasteiger partial charge in [-0.25, -0.2) is 9.37 Å². The molecule has 1 aliphatic rings. The predicted octanol–water partition coefficient (Wildman–Crippen LogP) is 6.08. The maximum atomic E-state index is 13.4. The smallest absolute Gasteiger partial charge is 0.368 e. The molecule has 1 aliphatic heterocycles. The lowest BCUT2D eigenvalue weighted by Gasteiger charge is -2.37. The molecule has 1 saturated heterocycles. The van der Waals surface area contributed by atoms with Gasteiger partial charge < -0.3 is 9.80 Å². The zero-order valence-corrected chi connectivity index (χ0v) is 20.0. The van der Waals surface area contributed by atoms with Crippen LogP contribution in [0, 0.1) is 5.82 Å². The molecule has 0 N–H and O–H groups in total. The van der Waals surface area contributed by atoms with Gasteiger partial charge in [0.15, 0.2) is 5.65 Å². The van der Waals surface area contributed by atoms with Gasteiger partial charge in [0.2, 0.25) is 0 Å². The van der Waals surface area contributed by atoms with E-state index >= 15 is 0 Å². The molecule has 188 valence electrons. The van der Waals surface area contributed by atoms with Gasteiger partial charge in [0, 0.05) is 47.8 Å². The van der Waals surface area contributed by atoms with Crippen LogP contribution in [0.4, 0.5) is 29.1 Å². The van der Waals surface area contributed by atoms with E-state index in [4.69, 9.17) is 16.6 Å². The van der Waals surface area contributed by atoms with Crippen molar-refractivity contribution in [2.45, 2.75) is 6.18 Å². The number of alkyl halides is 3. The zero-order chi connectivity index (χ0) is 25.7. The molecule has 6 rings (SSSR count). The van der Waals surface area contributed by atoms with Crippen LogP contribution < -0.4 is 9.80 Å². The number of piperazine rings is 1. The summed E-state index contributed by atoms with van der Waals surface area (Å²) in [7, 11) is 0. The van der Waals surface area contributed by atoms with Gasteiger partial charge in [-0.05, 0) is 54.6 Å². The van der Waals surface area contributed by atoms with Crippen LogP contribution in [0.2, 0.25) is 5.02 Å². The van der Waals surface area contributed by atoms with Crippen molar-refractivity contribution >= 4 is 39.7 Å². The van der Waals surface area contributed by atoms with E-state index in [1.807, 2.05) is 0 Å². The summed E-state index contributed by atoms with van der Waals surface area (Å²) in [6.45, 7) is 2.61. The Morgan fingerprint density at radius 3 is 2.30 bits per heavy atom. The van der Waals surface area contributed by atoms with Gasteiger partial charge in [-0.2, -0.15) is 17.7 Å². The maximum absolute atomic E-state index is 13.4. The molecular weight excluding hydrogens is 508 g/mol. The highest BCUT2D eigenvalue weighted by molar-refractivity contribution is 6.31. The fraction of sp³-hybridized carbons (Fsp3) is 0.192. The summed E-state index contributed by atoms with van der Waals surface area (Å²) in [5, 5.41) is 9.70. The Hall–Kier alpha value is -3.92. The molecule has 0 aliphatic carbocycles. The van der Waals surface area contributed by atoms with Crippen molar-refractivity contribution in [3.63, 3.8) is 0 Å². The van der Waals surface area contributed by atoms with Gasteiger partial charge in [-0.15, -0.1) is 5.10 Å². The number of nitrogens with zero attached hydrogens (tertiary/aromatic N) is 6. The lowest BCUT2D eigenvalue weighted by atomic mass is 10.1. The zero-order valence-electron chi connectivity index (χ0n) is 19.3. The summed E-state index contributed by atoms with van der Waals surface area (Å²) in [4.78, 5) is 9.14. The summed E-state index contributed by atoms with van der Waals surface area (Å²) >= 11 is 6.32. The van der Waals surface area contributed by atoms with Crippen molar-refractivity contribution < 1.29 is 17.6 Å². The highest BCUT2D eigenvalue weighted by atomic mass is 35.5. The molecule has 0 saturated carbocycles. The topological polar surface area (TPSA) is 49.6 Å². The summed E-state index contributed by atoms with van der Waals surface area (Å²) < 4.78 is 54.9. The third-order valence-corrected chi connectivity index (χ3v) is 6.76. The second-order valence-electron chi connectivity index (χ2n) is 8.80. The lowest BCUT2D eigenvalue weighted by molar-refractivity contribution is -0.137. The van der Waals surface area contributed by atoms with Crippen LogP contribution in [-0.2, 0) is 6.18 Å². The molecule has 0 unspecified atom stereocenters. The van der Waals surface area contributed by atoms with Gasteiger partial charge >= 0.3 is 6.18 Å². The van der Waals surface area contributed by atoms with Crippen LogP contribution in [0.3, 0.4) is 0 Å². The molecule has 0 radical (unpaired) electrons. The average molecular weight is 527 g/mol. The maximum Gasteiger partial charge on any atom is 0.416 e. The van der Waals surface area contributed by atoms with Gasteiger partial charge in [0.05, 0.1) is 11.1 Å². The molecule has 5 aromatic rings. The number of hydrogen-bond donors (Lipinski definition) is 0. The van der Waals surface area contributed by atoms with Crippen molar-refractivity contribution in [3.8, 4) is 11.3 Å². The molecule has 0 bridgehead atoms. The Bertz CT molecular complexity index is 1610. The molecule has 6 nitrogen and oxygen atoms in total. The number of benzene rings is 3. The first-order valence-corrected chi connectivity index (χ1v) is 11.9. The van der Waals surface area contributed by atoms with Crippen molar-refractivity contribution in [1.82, 2.24) is 19.8 Å². The van der Waals surface area contributed by atoms with E-state index in [9.17, 15) is 17.6 Å². The Morgan fingerprint density at radius 1 is 0.838 bits per heavy atom. The summed E-state index contributed by atoms with van der Waals surface area (Å²) in [5.74, 6) is 0.369. The number of aromatic nitrogens is 4. The average Bonchev–Trinajstić information content (AvgIpc) is 3.32. The fourth-order valence-electron chi connectivity index (χ4n) is 4.67. The standard InChI is InChI=1S/C26H19ClF4N6/c27-18-4-9-22-21(15-18)24(36-12-10-35(11-13-36)20-7-5-19(28)6-8-20)32-25-23(33-34-37(22)25)16-2-1-3-17(14-16)26(29,30)31/h1-9,14-15H,10-13H2. The Labute approximate surface area is 213 Å². The van der Waals surface area contributed by atoms with Crippen LogP contribution in [0.1, 0.15) is 5.56 Å². The Balaban J connectivity index is 1.42. The van der Waals surface area contributed by atoms with E-state index in [-0.39, 0.29) is 17.1 Å². The van der Waals surface area contributed by atoms with Crippen molar-refractivity contribution in [3.05, 3.63) is 83.1 Å². The summed E-state index contributed by atoms with van der Waals surface area (Å²) in [5.41, 5.74) is 1.74. The van der Waals surface area contributed by atoms with Gasteiger partial charge in [-0.1, -0.05) is 28.9 Å². The Kier molecular flexibility index (Phi) is 5.63. The van der Waals surface area contributed by atoms with E-state index in [0.29, 0.717) is 48.2 Å². The molecule has 0 spiro atoms. The van der Waals surface area contributed by atoms with E-state index < -0.39 is 11.7 Å². The second kappa shape index (κ2) is 8.88. The quantitative estimate of drug-likeness (QED) is 0.267. The number of anilines is 2. The van der Waals surface area contributed by atoms with E-state index in [1.165, 1.54) is 22.7 Å². The van der Waals surface area contributed by atoms with Crippen molar-refractivity contribution in [2.24, 2.45) is 0 Å². The highest BCUT2D eigenvalue weighted by Crippen LogP contribution is 2.35. The lowest BCUT2D eigenvalue weighted by Crippen LogP contribution is -2.47. The van der Waals surface area contributed by atoms with Crippen molar-refractivity contribution in [1.29, 1.82) is 0 Å². The SMILES string of the molecule is Fc1ccc(N2CCN(c3nc4c(-c5cccc(C(F)(F)F)c5)nnn4c4ccc(Cl)cc34)CC2)cc1. The number of fused-ring (bicyclic) bond motifs is 3. The molecule has 3 aromatic carbocycles. The second-order valence-corrected chi connectivity index (χ2v) is 9.24. The monoisotopic (exact) mass is 526 g/mol. The molecule has 0 atom stereocenters. The van der Waals surface area contributed by atoms with Crippen LogP contribution in [0.5, 0.6) is 0 Å². The highest BCUT2D eigenvalue weighted by Gasteiger charge is 2.31. The van der Waals surface area contributed by atoms with Crippen LogP contribution in [0.25, 0.3) is 27.8 Å². The normalized spacial score (nSPS) is 14.6. The van der Waals surface area contributed by atoms with Crippen molar-refractivity contribution in [2.75, 3.05) is 36.0 Å². The first kappa shape index (κ1) is 23.5. The number of halogens is 5. The minimum atomic E-state index is -4.48. The minimum absolute atomic E-state index is 0.258. The fourth-order valence-corrected chi connectivity index (χ4v) is 4.84. The molecular formula is C26H19ClF4N6. The molecule has 37 heavy (non-hydrogen) atoms. The van der Waals surface area contributed by atoms with E-state index in [1.54, 1.807) is 36.4 Å². The third-order valence-electron chi connectivity index (χ3n) is 6.52. The molecule has 2 aromatic heterocycles. The van der Waals surface area contributed by atoms with Crippen LogP contribution >= 0.6 is 11.6 Å². The van der Waals surface area contributed by atoms with E-state index in [0.717, 1.165) is 23.2 Å². The number of hydrogen-bond acceptors (Lipinski definition) is 5. The molecule has 3 heterocycles. The first-order chi connectivity index (χ1) is 17.8. The molecule has 11 heteroatoms. The van der Waals surface area contributed by atoms with Gasteiger partial charge in [-0.3, -0.25) is 0 Å². The summed E-state index contributed by atoms with van der Waals surface area (Å²) in [6.07, 6.45) is -4.48. The molecule has 0 amide bonds. The molecule has 1 fully saturated rings. The number of rotatable bonds is 3. The van der Waals surface area contributed by atoms with Crippen LogP contribution in [0.15, 0.2) is 66.7 Å². The predicted molar refractivity (Wildman–Crippen MR) is 135 cm³/mol. The first-order valence-electron chi connectivity index (χ1n) is 11.6.